The summed E-state index contributed by atoms with van der Waals surface area (Å²) >= 11 is 0. The van der Waals surface area contributed by atoms with Crippen molar-refractivity contribution in [1.29, 1.82) is 0 Å². The van der Waals surface area contributed by atoms with Crippen LogP contribution in [0.5, 0.6) is 0 Å². The molecule has 0 spiro atoms. The molecule has 1 N–H and O–H groups in total. The van der Waals surface area contributed by atoms with Crippen LogP contribution >= 0.6 is 0 Å². The van der Waals surface area contributed by atoms with Gasteiger partial charge >= 0.3 is 0 Å². The Hall–Kier alpha value is -2.26. The van der Waals surface area contributed by atoms with Crippen molar-refractivity contribution in [3.8, 4) is 5.82 Å². The molecule has 0 radical (unpaired) electrons. The van der Waals surface area contributed by atoms with E-state index in [2.05, 4.69) is 15.4 Å². The number of amides is 1. The number of nitrogens with zero attached hydrogens (tertiary/aromatic N) is 4. The van der Waals surface area contributed by atoms with Crippen molar-refractivity contribution in [3.63, 3.8) is 0 Å². The number of hydrogen-bond acceptors (Lipinski definition) is 5. The normalized spacial score (nSPS) is 16.2. The number of aromatic nitrogens is 3. The molecule has 8 nitrogen and oxygen atoms in total. The van der Waals surface area contributed by atoms with Crippen LogP contribution in [0.4, 0.5) is 0 Å². The highest BCUT2D eigenvalue weighted by molar-refractivity contribution is 7.89. The lowest BCUT2D eigenvalue weighted by Crippen LogP contribution is -2.43. The van der Waals surface area contributed by atoms with Gasteiger partial charge in [-0.2, -0.15) is 5.10 Å². The van der Waals surface area contributed by atoms with Crippen LogP contribution in [-0.2, 0) is 21.4 Å². The summed E-state index contributed by atoms with van der Waals surface area (Å²) in [5.41, 5.74) is 0.938. The molecule has 0 aromatic carbocycles. The topological polar surface area (TPSA) is 97.2 Å². The molecule has 0 atom stereocenters. The summed E-state index contributed by atoms with van der Waals surface area (Å²) in [5.74, 6) is 0.719. The lowest BCUT2D eigenvalue weighted by Gasteiger charge is -2.30. The third kappa shape index (κ3) is 5.17. The standard InChI is InChI=1S/C19H27N5O3S/c1-2-3-13-28(26,27)23-11-6-17(7-12-23)19(25)21-15-16-5-9-20-18(14-16)24-10-4-8-22-24/h4-5,8-10,14,17H,2-3,6-7,11-13,15H2,1H3,(H,21,25). The maximum absolute atomic E-state index is 12.5. The van der Waals surface area contributed by atoms with E-state index in [9.17, 15) is 13.2 Å². The van der Waals surface area contributed by atoms with E-state index < -0.39 is 10.0 Å². The first-order chi connectivity index (χ1) is 13.5. The van der Waals surface area contributed by atoms with Crippen molar-refractivity contribution in [2.24, 2.45) is 5.92 Å². The Morgan fingerprint density at radius 2 is 2.07 bits per heavy atom. The first kappa shape index (κ1) is 20.5. The van der Waals surface area contributed by atoms with E-state index >= 15 is 0 Å². The van der Waals surface area contributed by atoms with Crippen LogP contribution in [0.3, 0.4) is 0 Å². The van der Waals surface area contributed by atoms with E-state index in [0.29, 0.717) is 44.7 Å². The predicted molar refractivity (Wildman–Crippen MR) is 106 cm³/mol. The number of rotatable bonds is 8. The highest BCUT2D eigenvalue weighted by Gasteiger charge is 2.30. The molecule has 152 valence electrons. The molecule has 1 aliphatic heterocycles. The molecule has 1 aliphatic rings. The Balaban J connectivity index is 1.49. The van der Waals surface area contributed by atoms with Crippen molar-refractivity contribution in [3.05, 3.63) is 42.4 Å². The molecule has 1 amide bonds. The zero-order valence-corrected chi connectivity index (χ0v) is 16.9. The fourth-order valence-corrected chi connectivity index (χ4v) is 4.96. The Morgan fingerprint density at radius 3 is 2.75 bits per heavy atom. The second-order valence-corrected chi connectivity index (χ2v) is 9.12. The quantitative estimate of drug-likeness (QED) is 0.721. The average Bonchev–Trinajstić information content (AvgIpc) is 3.26. The third-order valence-electron chi connectivity index (χ3n) is 4.99. The summed E-state index contributed by atoms with van der Waals surface area (Å²) in [5, 5.41) is 7.12. The van der Waals surface area contributed by atoms with Gasteiger partial charge in [0.15, 0.2) is 5.82 Å². The molecule has 0 bridgehead atoms. The van der Waals surface area contributed by atoms with E-state index in [-0.39, 0.29) is 17.6 Å². The Kier molecular flexibility index (Phi) is 6.79. The highest BCUT2D eigenvalue weighted by atomic mass is 32.2. The molecule has 0 aliphatic carbocycles. The van der Waals surface area contributed by atoms with Gasteiger partial charge in [-0.1, -0.05) is 13.3 Å². The molecule has 1 fully saturated rings. The van der Waals surface area contributed by atoms with Crippen LogP contribution < -0.4 is 5.32 Å². The first-order valence-electron chi connectivity index (χ1n) is 9.70. The molecule has 2 aromatic heterocycles. The van der Waals surface area contributed by atoms with Crippen molar-refractivity contribution >= 4 is 15.9 Å². The lowest BCUT2D eigenvalue weighted by molar-refractivity contribution is -0.126. The smallest absolute Gasteiger partial charge is 0.223 e. The summed E-state index contributed by atoms with van der Waals surface area (Å²) in [7, 11) is -3.19. The molecule has 1 saturated heterocycles. The number of nitrogens with one attached hydrogen (secondary N) is 1. The minimum absolute atomic E-state index is 0.0249. The van der Waals surface area contributed by atoms with Gasteiger partial charge in [0, 0.05) is 44.1 Å². The molecule has 0 saturated carbocycles. The SMILES string of the molecule is CCCCS(=O)(=O)N1CCC(C(=O)NCc2ccnc(-n3cccn3)c2)CC1. The van der Waals surface area contributed by atoms with Gasteiger partial charge in [0.25, 0.3) is 0 Å². The fourth-order valence-electron chi connectivity index (χ4n) is 3.29. The zero-order chi connectivity index (χ0) is 20.0. The van der Waals surface area contributed by atoms with Gasteiger partial charge in [-0.05, 0) is 43.0 Å². The van der Waals surface area contributed by atoms with E-state index in [1.165, 1.54) is 4.31 Å². The molecule has 2 aromatic rings. The van der Waals surface area contributed by atoms with Crippen LogP contribution in [0.1, 0.15) is 38.2 Å². The van der Waals surface area contributed by atoms with Gasteiger partial charge in [0.05, 0.1) is 5.75 Å². The van der Waals surface area contributed by atoms with Gasteiger partial charge < -0.3 is 5.32 Å². The van der Waals surface area contributed by atoms with E-state index in [0.717, 1.165) is 12.0 Å². The van der Waals surface area contributed by atoms with Crippen molar-refractivity contribution in [2.45, 2.75) is 39.2 Å². The van der Waals surface area contributed by atoms with Crippen molar-refractivity contribution in [1.82, 2.24) is 24.4 Å². The van der Waals surface area contributed by atoms with Crippen LogP contribution in [0, 0.1) is 5.92 Å². The number of carbonyl (C=O) groups is 1. The number of sulfonamides is 1. The minimum Gasteiger partial charge on any atom is -0.352 e. The van der Waals surface area contributed by atoms with Gasteiger partial charge in [0.2, 0.25) is 15.9 Å². The summed E-state index contributed by atoms with van der Waals surface area (Å²) < 4.78 is 27.7. The monoisotopic (exact) mass is 405 g/mol. The number of pyridine rings is 1. The largest absolute Gasteiger partial charge is 0.352 e. The summed E-state index contributed by atoms with van der Waals surface area (Å²) in [6, 6.07) is 5.57. The molecule has 3 heterocycles. The van der Waals surface area contributed by atoms with E-state index in [1.54, 1.807) is 17.1 Å². The summed E-state index contributed by atoms with van der Waals surface area (Å²) in [6.07, 6.45) is 7.85. The summed E-state index contributed by atoms with van der Waals surface area (Å²) in [4.78, 5) is 16.8. The number of unbranched alkanes of at least 4 members (excludes halogenated alkanes) is 1. The van der Waals surface area contributed by atoms with Gasteiger partial charge in [0.1, 0.15) is 0 Å². The predicted octanol–water partition coefficient (Wildman–Crippen LogP) is 1.73. The molecular formula is C19H27N5O3S. The molecule has 0 unspecified atom stereocenters. The van der Waals surface area contributed by atoms with Crippen LogP contribution in [-0.4, -0.2) is 52.2 Å². The Morgan fingerprint density at radius 1 is 1.29 bits per heavy atom. The molecule has 28 heavy (non-hydrogen) atoms. The van der Waals surface area contributed by atoms with Crippen molar-refractivity contribution < 1.29 is 13.2 Å². The Bertz CT molecular complexity index is 875. The summed E-state index contributed by atoms with van der Waals surface area (Å²) in [6.45, 7) is 3.23. The zero-order valence-electron chi connectivity index (χ0n) is 16.1. The van der Waals surface area contributed by atoms with Gasteiger partial charge in [-0.25, -0.2) is 22.4 Å². The maximum atomic E-state index is 12.5. The van der Waals surface area contributed by atoms with Gasteiger partial charge in [-0.3, -0.25) is 4.79 Å². The fraction of sp³-hybridized carbons (Fsp3) is 0.526. The lowest BCUT2D eigenvalue weighted by atomic mass is 9.97. The third-order valence-corrected chi connectivity index (χ3v) is 6.95. The van der Waals surface area contributed by atoms with E-state index in [1.807, 2.05) is 31.3 Å². The van der Waals surface area contributed by atoms with Crippen LogP contribution in [0.25, 0.3) is 5.82 Å². The van der Waals surface area contributed by atoms with Gasteiger partial charge in [-0.15, -0.1) is 0 Å². The number of carbonyl (C=O) groups excluding carboxylic acids is 1. The minimum atomic E-state index is -3.19. The molecule has 3 rings (SSSR count). The van der Waals surface area contributed by atoms with Crippen LogP contribution in [0.2, 0.25) is 0 Å². The Labute approximate surface area is 166 Å². The van der Waals surface area contributed by atoms with Crippen molar-refractivity contribution in [2.75, 3.05) is 18.8 Å². The second kappa shape index (κ2) is 9.29. The number of piperidine rings is 1. The average molecular weight is 406 g/mol. The molecule has 9 heteroatoms. The van der Waals surface area contributed by atoms with E-state index in [4.69, 9.17) is 0 Å². The number of hydrogen-bond donors (Lipinski definition) is 1. The molecular weight excluding hydrogens is 378 g/mol. The second-order valence-electron chi connectivity index (χ2n) is 7.03. The highest BCUT2D eigenvalue weighted by Crippen LogP contribution is 2.21. The maximum Gasteiger partial charge on any atom is 0.223 e. The van der Waals surface area contributed by atoms with Crippen LogP contribution in [0.15, 0.2) is 36.8 Å². The first-order valence-corrected chi connectivity index (χ1v) is 11.3.